The molecule has 7 nitrogen and oxygen atoms in total. The molecule has 0 radical (unpaired) electrons. The molecule has 0 saturated carbocycles. The van der Waals surface area contributed by atoms with Crippen molar-refractivity contribution in [1.82, 2.24) is 0 Å². The molecule has 2 aliphatic heterocycles. The molecule has 2 heterocycles. The summed E-state index contributed by atoms with van der Waals surface area (Å²) in [6.07, 6.45) is 3.88. The van der Waals surface area contributed by atoms with Crippen LogP contribution in [0.15, 0.2) is 139 Å². The van der Waals surface area contributed by atoms with Gasteiger partial charge < -0.3 is 13.8 Å². The van der Waals surface area contributed by atoms with Crippen molar-refractivity contribution in [2.75, 3.05) is 6.61 Å². The maximum Gasteiger partial charge on any atom is 0.343 e. The van der Waals surface area contributed by atoms with E-state index < -0.39 is 21.2 Å². The first-order valence-corrected chi connectivity index (χ1v) is 22.3. The number of fused-ring (bicyclic) bond motifs is 1. The minimum Gasteiger partial charge on any atom is -0.744 e. The third-order valence-corrected chi connectivity index (χ3v) is 12.3. The molecule has 5 aromatic rings. The van der Waals surface area contributed by atoms with E-state index >= 15 is 0 Å². The third kappa shape index (κ3) is 12.3. The maximum absolute atomic E-state index is 10.9. The van der Waals surface area contributed by atoms with Crippen LogP contribution in [0.3, 0.4) is 0 Å². The molecule has 0 aliphatic carbocycles. The first kappa shape index (κ1) is 45.9. The van der Waals surface area contributed by atoms with Crippen molar-refractivity contribution in [2.45, 2.75) is 82.5 Å². The molecule has 2 unspecified atom stereocenters. The molecule has 2 aliphatic rings. The minimum atomic E-state index is -4.38. The van der Waals surface area contributed by atoms with Gasteiger partial charge in [-0.1, -0.05) is 140 Å². The summed E-state index contributed by atoms with van der Waals surface area (Å²) in [5.74, 6) is 1.87. The van der Waals surface area contributed by atoms with Crippen molar-refractivity contribution in [1.29, 1.82) is 0 Å². The van der Waals surface area contributed by atoms with Crippen LogP contribution in [-0.4, -0.2) is 50.1 Å². The van der Waals surface area contributed by atoms with Gasteiger partial charge in [-0.3, -0.25) is 0 Å². The Bertz CT molecular complexity index is 2260. The summed E-state index contributed by atoms with van der Waals surface area (Å²) >= 11 is 11.0. The van der Waals surface area contributed by atoms with Crippen LogP contribution in [0.4, 0.5) is 0 Å². The van der Waals surface area contributed by atoms with E-state index in [1.807, 2.05) is 42.5 Å². The summed E-state index contributed by atoms with van der Waals surface area (Å²) < 4.78 is 59.6. The van der Waals surface area contributed by atoms with Gasteiger partial charge in [0, 0.05) is 21.5 Å². The summed E-state index contributed by atoms with van der Waals surface area (Å²) in [4.78, 5) is -0.157. The lowest BCUT2D eigenvalue weighted by Gasteiger charge is -2.39. The summed E-state index contributed by atoms with van der Waals surface area (Å²) in [5.41, 5.74) is 3.76. The van der Waals surface area contributed by atoms with Crippen LogP contribution >= 0.6 is 23.2 Å². The SMILES string of the molecule is C=CC[C@@]1(C)CC(c2cccc(Cl)c2)[C@@H](c2ccc(Cl)cc2)[N+]2=C1OC[C@@H]2C(C)C.CC(C)S(=O)O.Cc1ccccc1.O=S(=O)([O-])c1cccc2ccccc12. The average Bonchev–Trinajstić information content (AvgIpc) is 3.63. The normalized spacial score (nSPS) is 20.5. The topological polar surface area (TPSA) is 107 Å². The van der Waals surface area contributed by atoms with Gasteiger partial charge in [-0.2, -0.15) is 4.58 Å². The lowest BCUT2D eigenvalue weighted by molar-refractivity contribution is -0.616. The quantitative estimate of drug-likeness (QED) is 0.0756. The molecule has 0 saturated heterocycles. The van der Waals surface area contributed by atoms with Crippen molar-refractivity contribution in [3.05, 3.63) is 161 Å². The standard InChI is InChI=1S/C26H30Cl2NO.C10H8O3S.C7H8.C3H8O2S/c1-5-13-26(4)15-22(19-7-6-8-21(28)14-19)24(18-9-11-20(27)12-10-18)29-23(17(2)3)16-30-25(26)29;11-14(12,13)10-7-3-5-8-4-1-2-6-9(8)10;1-7-5-3-2-4-6-7;1-3(2)6(4)5/h5-12,14,17,22-24H,1,13,15-16H2,2-4H3;1-7H,(H,11,12,13);2-6H,1H3;3H,1-2H3,(H,4,5)/q+1;;;/p-1/t22?,23-,24-,26+;;;/m1.../s1. The van der Waals surface area contributed by atoms with Gasteiger partial charge in [0.05, 0.1) is 21.5 Å². The van der Waals surface area contributed by atoms with Gasteiger partial charge in [-0.15, -0.1) is 6.58 Å². The molecule has 0 spiro atoms. The van der Waals surface area contributed by atoms with Crippen LogP contribution in [-0.2, 0) is 25.9 Å². The lowest BCUT2D eigenvalue weighted by atomic mass is 9.69. The first-order chi connectivity index (χ1) is 27.0. The van der Waals surface area contributed by atoms with E-state index in [0.29, 0.717) is 17.3 Å². The van der Waals surface area contributed by atoms with Crippen LogP contribution in [0.2, 0.25) is 10.0 Å². The molecule has 11 heteroatoms. The fraction of sp³-hybridized carbons (Fsp3) is 0.326. The Morgan fingerprint density at radius 1 is 0.895 bits per heavy atom. The van der Waals surface area contributed by atoms with Crippen LogP contribution in [0.5, 0.6) is 0 Å². The number of ether oxygens (including phenoxy) is 1. The highest BCUT2D eigenvalue weighted by Crippen LogP contribution is 2.51. The monoisotopic (exact) mass is 849 g/mol. The van der Waals surface area contributed by atoms with Crippen molar-refractivity contribution in [3.63, 3.8) is 0 Å². The smallest absolute Gasteiger partial charge is 0.343 e. The van der Waals surface area contributed by atoms with Crippen molar-refractivity contribution in [3.8, 4) is 0 Å². The maximum atomic E-state index is 10.9. The summed E-state index contributed by atoms with van der Waals surface area (Å²) in [6, 6.07) is 38.9. The van der Waals surface area contributed by atoms with E-state index in [2.05, 4.69) is 81.3 Å². The molecular weight excluding hydrogens is 798 g/mol. The number of hydrogen-bond acceptors (Lipinski definition) is 5. The Hall–Kier alpha value is -3.83. The van der Waals surface area contributed by atoms with Gasteiger partial charge in [0.2, 0.25) is 0 Å². The number of halogens is 2. The largest absolute Gasteiger partial charge is 0.744 e. The highest BCUT2D eigenvalue weighted by Gasteiger charge is 2.57. The number of benzene rings is 5. The molecule has 0 aromatic heterocycles. The van der Waals surface area contributed by atoms with E-state index in [0.717, 1.165) is 40.8 Å². The Kier molecular flexibility index (Phi) is 16.7. The number of aryl methyl sites for hydroxylation is 1. The molecule has 7 rings (SSSR count). The molecule has 1 N–H and O–H groups in total. The van der Waals surface area contributed by atoms with E-state index in [9.17, 15) is 17.2 Å². The second kappa shape index (κ2) is 20.7. The molecule has 0 amide bonds. The fourth-order valence-corrected chi connectivity index (χ4v) is 8.23. The third-order valence-electron chi connectivity index (χ3n) is 10.1. The predicted octanol–water partition coefficient (Wildman–Crippen LogP) is 11.6. The van der Waals surface area contributed by atoms with E-state index in [1.54, 1.807) is 50.2 Å². The first-order valence-electron chi connectivity index (χ1n) is 18.9. The van der Waals surface area contributed by atoms with Gasteiger partial charge in [0.15, 0.2) is 29.8 Å². The Labute approximate surface area is 351 Å². The number of allylic oxidation sites excluding steroid dienone is 1. The number of hydrogen-bond donors (Lipinski definition) is 1. The Balaban J connectivity index is 0.000000217. The lowest BCUT2D eigenvalue weighted by Crippen LogP contribution is -2.46. The highest BCUT2D eigenvalue weighted by atomic mass is 35.5. The minimum absolute atomic E-state index is 0.0959. The van der Waals surface area contributed by atoms with Gasteiger partial charge in [-0.05, 0) is 87.2 Å². The van der Waals surface area contributed by atoms with E-state index in [4.69, 9.17) is 32.5 Å². The number of rotatable bonds is 7. The zero-order chi connectivity index (χ0) is 41.9. The van der Waals surface area contributed by atoms with Gasteiger partial charge in [-0.25, -0.2) is 12.6 Å². The average molecular weight is 851 g/mol. The van der Waals surface area contributed by atoms with Crippen molar-refractivity contribution < 1.29 is 31.0 Å². The van der Waals surface area contributed by atoms with E-state index in [-0.39, 0.29) is 27.5 Å². The van der Waals surface area contributed by atoms with Gasteiger partial charge in [0.1, 0.15) is 10.1 Å². The van der Waals surface area contributed by atoms with Gasteiger partial charge in [0.25, 0.3) is 0 Å². The predicted molar refractivity (Wildman–Crippen MR) is 235 cm³/mol. The summed E-state index contributed by atoms with van der Waals surface area (Å²) in [7, 11) is -4.38. The highest BCUT2D eigenvalue weighted by molar-refractivity contribution is 7.86. The molecule has 5 atom stereocenters. The Morgan fingerprint density at radius 2 is 1.49 bits per heavy atom. The molecule has 0 bridgehead atoms. The van der Waals surface area contributed by atoms with Gasteiger partial charge >= 0.3 is 5.90 Å². The van der Waals surface area contributed by atoms with Crippen LogP contribution < -0.4 is 0 Å². The Morgan fingerprint density at radius 3 is 2.04 bits per heavy atom. The second-order valence-electron chi connectivity index (χ2n) is 15.2. The molecule has 5 aromatic carbocycles. The zero-order valence-corrected chi connectivity index (χ0v) is 36.5. The number of nitrogens with zero attached hydrogens (tertiary/aromatic N) is 1. The van der Waals surface area contributed by atoms with Crippen LogP contribution in [0.1, 0.15) is 76.1 Å². The zero-order valence-electron chi connectivity index (χ0n) is 33.3. The van der Waals surface area contributed by atoms with Crippen molar-refractivity contribution in [2.24, 2.45) is 11.3 Å². The summed E-state index contributed by atoms with van der Waals surface area (Å²) in [5, 5.41) is 2.65. The summed E-state index contributed by atoms with van der Waals surface area (Å²) in [6.45, 7) is 17.1. The molecular formula is C46H53Cl2NO6S2. The van der Waals surface area contributed by atoms with Crippen LogP contribution in [0.25, 0.3) is 10.8 Å². The molecule has 0 fully saturated rings. The van der Waals surface area contributed by atoms with E-state index in [1.165, 1.54) is 22.8 Å². The molecule has 304 valence electrons. The van der Waals surface area contributed by atoms with Crippen molar-refractivity contribution >= 4 is 61.1 Å². The molecule has 57 heavy (non-hydrogen) atoms. The second-order valence-corrected chi connectivity index (χ2v) is 18.9. The fourth-order valence-electron chi connectivity index (χ4n) is 7.21. The van der Waals surface area contributed by atoms with Crippen LogP contribution in [0, 0.1) is 18.3 Å².